The second-order valence-corrected chi connectivity index (χ2v) is 3.60. The van der Waals surface area contributed by atoms with Gasteiger partial charge in [-0.1, -0.05) is 0 Å². The molecule has 18 heavy (non-hydrogen) atoms. The summed E-state index contributed by atoms with van der Waals surface area (Å²) in [6, 6.07) is 3.20. The molecule has 0 fully saturated rings. The molecule has 0 saturated heterocycles. The molecule has 6 heteroatoms. The highest BCUT2D eigenvalue weighted by Gasteiger charge is 2.04. The van der Waals surface area contributed by atoms with E-state index in [2.05, 4.69) is 10.3 Å². The molecule has 0 aliphatic carbocycles. The highest BCUT2D eigenvalue weighted by Crippen LogP contribution is 2.07. The van der Waals surface area contributed by atoms with Crippen LogP contribution in [-0.2, 0) is 20.7 Å². The van der Waals surface area contributed by atoms with E-state index < -0.39 is 5.97 Å². The van der Waals surface area contributed by atoms with Gasteiger partial charge in [-0.3, -0.25) is 14.6 Å². The van der Waals surface area contributed by atoms with Gasteiger partial charge >= 0.3 is 5.97 Å². The van der Waals surface area contributed by atoms with Crippen LogP contribution in [0.2, 0.25) is 0 Å². The topological polar surface area (TPSA) is 88.5 Å². The highest BCUT2D eigenvalue weighted by molar-refractivity contribution is 5.90. The Morgan fingerprint density at radius 2 is 2.22 bits per heavy atom. The van der Waals surface area contributed by atoms with Crippen LogP contribution in [0.15, 0.2) is 18.3 Å². The fraction of sp³-hybridized carbons (Fsp3) is 0.417. The van der Waals surface area contributed by atoms with Gasteiger partial charge in [-0.05, 0) is 19.1 Å². The molecule has 0 bridgehead atoms. The number of aliphatic carboxylic acids is 1. The summed E-state index contributed by atoms with van der Waals surface area (Å²) in [5, 5.41) is 11.2. The van der Waals surface area contributed by atoms with E-state index in [0.29, 0.717) is 24.6 Å². The van der Waals surface area contributed by atoms with Gasteiger partial charge in [-0.15, -0.1) is 0 Å². The number of pyridine rings is 1. The third kappa shape index (κ3) is 5.40. The molecule has 0 unspecified atom stereocenters. The summed E-state index contributed by atoms with van der Waals surface area (Å²) in [5.74, 6) is -1.09. The molecule has 2 N–H and O–H groups in total. The van der Waals surface area contributed by atoms with Crippen molar-refractivity contribution in [2.75, 3.05) is 18.5 Å². The maximum absolute atomic E-state index is 11.4. The molecule has 1 heterocycles. The van der Waals surface area contributed by atoms with E-state index in [1.807, 2.05) is 6.92 Å². The van der Waals surface area contributed by atoms with Crippen molar-refractivity contribution >= 4 is 17.6 Å². The average molecular weight is 252 g/mol. The predicted octanol–water partition coefficient (Wildman–Crippen LogP) is 1.07. The van der Waals surface area contributed by atoms with Gasteiger partial charge in [0.25, 0.3) is 0 Å². The Morgan fingerprint density at radius 1 is 1.44 bits per heavy atom. The maximum atomic E-state index is 11.4. The number of aromatic nitrogens is 1. The van der Waals surface area contributed by atoms with E-state index in [4.69, 9.17) is 9.84 Å². The van der Waals surface area contributed by atoms with Crippen LogP contribution in [0.1, 0.15) is 19.0 Å². The number of carboxylic acids is 1. The minimum atomic E-state index is -0.934. The van der Waals surface area contributed by atoms with E-state index in [0.717, 1.165) is 0 Å². The largest absolute Gasteiger partial charge is 0.481 e. The lowest BCUT2D eigenvalue weighted by molar-refractivity contribution is -0.136. The van der Waals surface area contributed by atoms with Gasteiger partial charge in [-0.2, -0.15) is 0 Å². The molecular formula is C12H16N2O4. The summed E-state index contributed by atoms with van der Waals surface area (Å²) < 4.78 is 5.06. The van der Waals surface area contributed by atoms with Crippen LogP contribution in [-0.4, -0.2) is 35.2 Å². The van der Waals surface area contributed by atoms with Crippen LogP contribution in [0.4, 0.5) is 5.69 Å². The quantitative estimate of drug-likeness (QED) is 0.709. The zero-order chi connectivity index (χ0) is 13.4. The maximum Gasteiger partial charge on any atom is 0.309 e. The number of carbonyl (C=O) groups excluding carboxylic acids is 1. The minimum absolute atomic E-state index is 0.126. The van der Waals surface area contributed by atoms with Gasteiger partial charge in [-0.25, -0.2) is 0 Å². The van der Waals surface area contributed by atoms with Crippen molar-refractivity contribution in [1.29, 1.82) is 0 Å². The van der Waals surface area contributed by atoms with Gasteiger partial charge in [0.05, 0.1) is 37.0 Å². The Kier molecular flexibility index (Phi) is 5.79. The van der Waals surface area contributed by atoms with Crippen molar-refractivity contribution in [3.63, 3.8) is 0 Å². The van der Waals surface area contributed by atoms with Gasteiger partial charge < -0.3 is 15.2 Å². The second-order valence-electron chi connectivity index (χ2n) is 3.60. The van der Waals surface area contributed by atoms with Crippen molar-refractivity contribution in [2.24, 2.45) is 0 Å². The summed E-state index contributed by atoms with van der Waals surface area (Å²) in [7, 11) is 0. The number of carbonyl (C=O) groups is 2. The number of ether oxygens (including phenoxy) is 1. The summed E-state index contributed by atoms with van der Waals surface area (Å²) in [6.45, 7) is 2.83. The summed E-state index contributed by atoms with van der Waals surface area (Å²) >= 11 is 0. The first-order valence-corrected chi connectivity index (χ1v) is 5.66. The number of carboxylic acid groups (broad SMARTS) is 1. The van der Waals surface area contributed by atoms with Gasteiger partial charge in [0.15, 0.2) is 0 Å². The monoisotopic (exact) mass is 252 g/mol. The Bertz CT molecular complexity index is 403. The van der Waals surface area contributed by atoms with Crippen molar-refractivity contribution < 1.29 is 19.4 Å². The van der Waals surface area contributed by atoms with Crippen LogP contribution in [0.3, 0.4) is 0 Å². The van der Waals surface area contributed by atoms with Crippen LogP contribution >= 0.6 is 0 Å². The van der Waals surface area contributed by atoms with Crippen molar-refractivity contribution in [2.45, 2.75) is 19.8 Å². The lowest BCUT2D eigenvalue weighted by Gasteiger charge is -2.05. The first-order chi connectivity index (χ1) is 8.61. The number of hydrogen-bond acceptors (Lipinski definition) is 4. The highest BCUT2D eigenvalue weighted by atomic mass is 16.5. The molecule has 0 atom stereocenters. The van der Waals surface area contributed by atoms with E-state index in [1.165, 1.54) is 6.20 Å². The molecule has 0 spiro atoms. The van der Waals surface area contributed by atoms with E-state index >= 15 is 0 Å². The second kappa shape index (κ2) is 7.39. The molecule has 0 aliphatic rings. The van der Waals surface area contributed by atoms with Gasteiger partial charge in [0.1, 0.15) is 0 Å². The Morgan fingerprint density at radius 3 is 2.78 bits per heavy atom. The minimum Gasteiger partial charge on any atom is -0.481 e. The van der Waals surface area contributed by atoms with Crippen molar-refractivity contribution in [3.05, 3.63) is 24.0 Å². The predicted molar refractivity (Wildman–Crippen MR) is 65.3 cm³/mol. The lowest BCUT2D eigenvalue weighted by Crippen LogP contribution is -2.14. The number of nitrogens with one attached hydrogen (secondary N) is 1. The first-order valence-electron chi connectivity index (χ1n) is 5.66. The standard InChI is InChI=1S/C12H16N2O4/c1-2-18-6-5-11(15)14-10-4-3-9(13-8-10)7-12(16)17/h3-4,8H,2,5-7H2,1H3,(H,14,15)(H,16,17). The molecular weight excluding hydrogens is 236 g/mol. The average Bonchev–Trinajstić information content (AvgIpc) is 2.31. The molecule has 98 valence electrons. The molecule has 6 nitrogen and oxygen atoms in total. The Labute approximate surface area is 105 Å². The molecule has 0 aromatic carbocycles. The van der Waals surface area contributed by atoms with Crippen LogP contribution in [0.5, 0.6) is 0 Å². The summed E-state index contributed by atoms with van der Waals surface area (Å²) in [6.07, 6.45) is 1.60. The molecule has 1 amide bonds. The molecule has 0 saturated carbocycles. The van der Waals surface area contributed by atoms with Crippen LogP contribution in [0.25, 0.3) is 0 Å². The molecule has 1 aromatic rings. The Balaban J connectivity index is 2.43. The van der Waals surface area contributed by atoms with Crippen molar-refractivity contribution in [3.8, 4) is 0 Å². The van der Waals surface area contributed by atoms with Crippen LogP contribution in [0, 0.1) is 0 Å². The normalized spacial score (nSPS) is 10.1. The van der Waals surface area contributed by atoms with Crippen LogP contribution < -0.4 is 5.32 Å². The fourth-order valence-corrected chi connectivity index (χ4v) is 1.29. The van der Waals surface area contributed by atoms with Gasteiger partial charge in [0.2, 0.25) is 5.91 Å². The number of nitrogens with zero attached hydrogens (tertiary/aromatic N) is 1. The zero-order valence-electron chi connectivity index (χ0n) is 10.2. The zero-order valence-corrected chi connectivity index (χ0v) is 10.2. The number of amides is 1. The number of anilines is 1. The SMILES string of the molecule is CCOCCC(=O)Nc1ccc(CC(=O)O)nc1. The number of rotatable bonds is 7. The molecule has 0 radical (unpaired) electrons. The van der Waals surface area contributed by atoms with Gasteiger partial charge in [0, 0.05) is 6.61 Å². The number of hydrogen-bond donors (Lipinski definition) is 2. The summed E-state index contributed by atoms with van der Waals surface area (Å²) in [5.41, 5.74) is 1.00. The lowest BCUT2D eigenvalue weighted by atomic mass is 10.2. The molecule has 1 aromatic heterocycles. The first kappa shape index (κ1) is 14.1. The van der Waals surface area contributed by atoms with E-state index in [1.54, 1.807) is 12.1 Å². The van der Waals surface area contributed by atoms with E-state index in [-0.39, 0.29) is 18.7 Å². The van der Waals surface area contributed by atoms with Crippen molar-refractivity contribution in [1.82, 2.24) is 4.98 Å². The van der Waals surface area contributed by atoms with E-state index in [9.17, 15) is 9.59 Å². The third-order valence-electron chi connectivity index (χ3n) is 2.12. The summed E-state index contributed by atoms with van der Waals surface area (Å²) in [4.78, 5) is 25.8. The molecule has 0 aliphatic heterocycles. The molecule has 1 rings (SSSR count). The Hall–Kier alpha value is -1.95. The third-order valence-corrected chi connectivity index (χ3v) is 2.12. The fourth-order valence-electron chi connectivity index (χ4n) is 1.29. The smallest absolute Gasteiger partial charge is 0.309 e.